The molecule has 1 aromatic heterocycles. The van der Waals surface area contributed by atoms with Crippen molar-refractivity contribution in [2.45, 2.75) is 37.7 Å². The van der Waals surface area contributed by atoms with Gasteiger partial charge in [-0.15, -0.1) is 10.2 Å². The van der Waals surface area contributed by atoms with Crippen LogP contribution >= 0.6 is 0 Å². The number of amides is 1. The zero-order valence-corrected chi connectivity index (χ0v) is 16.3. The summed E-state index contributed by atoms with van der Waals surface area (Å²) >= 11 is 0. The second-order valence-electron chi connectivity index (χ2n) is 7.07. The zero-order valence-electron chi connectivity index (χ0n) is 16.3. The molecule has 1 atom stereocenters. The van der Waals surface area contributed by atoms with Crippen molar-refractivity contribution in [3.8, 4) is 0 Å². The van der Waals surface area contributed by atoms with Gasteiger partial charge in [0.1, 0.15) is 0 Å². The molecule has 0 bridgehead atoms. The van der Waals surface area contributed by atoms with Crippen LogP contribution in [0.4, 0.5) is 26.3 Å². The Balaban J connectivity index is 1.71. The molecule has 0 aliphatic carbocycles. The minimum absolute atomic E-state index is 0.117. The van der Waals surface area contributed by atoms with Crippen molar-refractivity contribution in [2.24, 2.45) is 0 Å². The van der Waals surface area contributed by atoms with Crippen molar-refractivity contribution in [3.63, 3.8) is 0 Å². The van der Waals surface area contributed by atoms with Crippen LogP contribution in [0.1, 0.15) is 28.1 Å². The quantitative estimate of drug-likeness (QED) is 0.530. The Morgan fingerprint density at radius 3 is 2.19 bits per heavy atom. The van der Waals surface area contributed by atoms with Crippen molar-refractivity contribution >= 4 is 5.91 Å². The highest BCUT2D eigenvalue weighted by Crippen LogP contribution is 2.30. The molecular formula is C20H17F6N5O. The first-order chi connectivity index (χ1) is 15.0. The van der Waals surface area contributed by atoms with Gasteiger partial charge in [-0.25, -0.2) is 0 Å². The molecule has 0 fully saturated rings. The molecule has 2 aromatic carbocycles. The Kier molecular flexibility index (Phi) is 6.80. The summed E-state index contributed by atoms with van der Waals surface area (Å²) in [6, 6.07) is 8.26. The summed E-state index contributed by atoms with van der Waals surface area (Å²) in [7, 11) is 0. The summed E-state index contributed by atoms with van der Waals surface area (Å²) in [6.07, 6.45) is -9.04. The van der Waals surface area contributed by atoms with Crippen LogP contribution in [0.15, 0.2) is 48.5 Å². The monoisotopic (exact) mass is 457 g/mol. The average molecular weight is 457 g/mol. The molecule has 0 unspecified atom stereocenters. The molecule has 0 saturated carbocycles. The number of carbonyl (C=O) groups is 1. The van der Waals surface area contributed by atoms with Crippen LogP contribution < -0.4 is 5.32 Å². The molecule has 3 aromatic rings. The highest BCUT2D eigenvalue weighted by atomic mass is 19.4. The number of hydrogen-bond acceptors (Lipinski definition) is 4. The third-order valence-corrected chi connectivity index (χ3v) is 4.57. The highest BCUT2D eigenvalue weighted by Gasteiger charge is 2.31. The number of nitrogens with zero attached hydrogens (tertiary/aromatic N) is 3. The van der Waals surface area contributed by atoms with E-state index in [9.17, 15) is 31.1 Å². The lowest BCUT2D eigenvalue weighted by molar-refractivity contribution is -0.138. The molecule has 12 heteroatoms. The minimum atomic E-state index is -4.53. The van der Waals surface area contributed by atoms with Gasteiger partial charge in [-0.05, 0) is 35.7 Å². The largest absolute Gasteiger partial charge is 0.416 e. The Labute approximate surface area is 178 Å². The van der Waals surface area contributed by atoms with Gasteiger partial charge in [0.25, 0.3) is 0 Å². The van der Waals surface area contributed by atoms with Crippen molar-refractivity contribution in [1.82, 2.24) is 25.9 Å². The van der Waals surface area contributed by atoms with Gasteiger partial charge < -0.3 is 5.32 Å². The molecule has 3 rings (SSSR count). The lowest BCUT2D eigenvalue weighted by Gasteiger charge is -2.18. The smallest absolute Gasteiger partial charge is 0.352 e. The predicted molar refractivity (Wildman–Crippen MR) is 100 cm³/mol. The maximum absolute atomic E-state index is 12.9. The summed E-state index contributed by atoms with van der Waals surface area (Å²) < 4.78 is 76.9. The van der Waals surface area contributed by atoms with E-state index in [-0.39, 0.29) is 30.7 Å². The SMILES string of the molecule is O=C(Cc1cccc(C(F)(F)F)c1)N[C@@H](Cc1ccc(C(F)(F)F)cc1)Cc1nn[nH]n1. The van der Waals surface area contributed by atoms with Crippen LogP contribution in [-0.4, -0.2) is 32.6 Å². The molecule has 0 aliphatic rings. The van der Waals surface area contributed by atoms with Gasteiger partial charge in [-0.2, -0.15) is 31.6 Å². The average Bonchev–Trinajstić information content (AvgIpc) is 3.20. The fourth-order valence-electron chi connectivity index (χ4n) is 3.10. The summed E-state index contributed by atoms with van der Waals surface area (Å²) in [5.41, 5.74) is -0.975. The van der Waals surface area contributed by atoms with Crippen LogP contribution in [0.25, 0.3) is 0 Å². The van der Waals surface area contributed by atoms with Gasteiger partial charge in [0.2, 0.25) is 5.91 Å². The van der Waals surface area contributed by atoms with E-state index < -0.39 is 35.4 Å². The Morgan fingerprint density at radius 2 is 1.59 bits per heavy atom. The van der Waals surface area contributed by atoms with E-state index in [0.29, 0.717) is 5.56 Å². The Hall–Kier alpha value is -3.44. The molecule has 6 nitrogen and oxygen atoms in total. The summed E-state index contributed by atoms with van der Waals surface area (Å²) in [4.78, 5) is 12.5. The topological polar surface area (TPSA) is 83.6 Å². The summed E-state index contributed by atoms with van der Waals surface area (Å²) in [5.74, 6) is -0.286. The van der Waals surface area contributed by atoms with Crippen LogP contribution in [0.3, 0.4) is 0 Å². The van der Waals surface area contributed by atoms with Crippen molar-refractivity contribution in [2.75, 3.05) is 0 Å². The number of aromatic nitrogens is 4. The van der Waals surface area contributed by atoms with E-state index in [1.54, 1.807) is 0 Å². The van der Waals surface area contributed by atoms with Gasteiger partial charge in [0.15, 0.2) is 5.82 Å². The first-order valence-electron chi connectivity index (χ1n) is 9.34. The zero-order chi connectivity index (χ0) is 23.4. The fraction of sp³-hybridized carbons (Fsp3) is 0.300. The van der Waals surface area contributed by atoms with Gasteiger partial charge in [0.05, 0.1) is 17.5 Å². The third-order valence-electron chi connectivity index (χ3n) is 4.57. The van der Waals surface area contributed by atoms with Crippen molar-refractivity contribution < 1.29 is 31.1 Å². The summed E-state index contributed by atoms with van der Waals surface area (Å²) in [5, 5.41) is 16.0. The van der Waals surface area contributed by atoms with E-state index in [2.05, 4.69) is 25.9 Å². The van der Waals surface area contributed by atoms with E-state index in [4.69, 9.17) is 0 Å². The van der Waals surface area contributed by atoms with Gasteiger partial charge in [-0.1, -0.05) is 35.5 Å². The molecular weight excluding hydrogens is 440 g/mol. The molecule has 0 saturated heterocycles. The number of H-pyrrole nitrogens is 1. The molecule has 0 radical (unpaired) electrons. The predicted octanol–water partition coefficient (Wildman–Crippen LogP) is 3.75. The van der Waals surface area contributed by atoms with E-state index >= 15 is 0 Å². The van der Waals surface area contributed by atoms with E-state index in [1.807, 2.05) is 0 Å². The standard InChI is InChI=1S/C20H17F6N5O/c21-19(22,23)14-6-4-12(5-7-14)9-16(11-17-28-30-31-29-17)27-18(32)10-13-2-1-3-15(8-13)20(24,25)26/h1-8,16H,9-11H2,(H,27,32)(H,28,29,30,31)/t16-/m0/s1. The molecule has 170 valence electrons. The van der Waals surface area contributed by atoms with Crippen LogP contribution in [-0.2, 0) is 36.4 Å². The number of aromatic amines is 1. The van der Waals surface area contributed by atoms with Gasteiger partial charge in [0, 0.05) is 12.5 Å². The van der Waals surface area contributed by atoms with Crippen molar-refractivity contribution in [3.05, 3.63) is 76.6 Å². The number of rotatable bonds is 7. The Morgan fingerprint density at radius 1 is 0.906 bits per heavy atom. The number of alkyl halides is 6. The lowest BCUT2D eigenvalue weighted by Crippen LogP contribution is -2.39. The molecule has 0 aliphatic heterocycles. The lowest BCUT2D eigenvalue weighted by atomic mass is 10.0. The number of tetrazole rings is 1. The second kappa shape index (κ2) is 9.37. The first kappa shape index (κ1) is 23.2. The third kappa shape index (κ3) is 6.53. The first-order valence-corrected chi connectivity index (χ1v) is 9.34. The molecule has 2 N–H and O–H groups in total. The number of halogens is 6. The molecule has 32 heavy (non-hydrogen) atoms. The Bertz CT molecular complexity index is 1030. The van der Waals surface area contributed by atoms with Crippen LogP contribution in [0, 0.1) is 0 Å². The molecule has 0 spiro atoms. The van der Waals surface area contributed by atoms with Crippen molar-refractivity contribution in [1.29, 1.82) is 0 Å². The van der Waals surface area contributed by atoms with Crippen LogP contribution in [0.5, 0.6) is 0 Å². The fourth-order valence-corrected chi connectivity index (χ4v) is 3.10. The highest BCUT2D eigenvalue weighted by molar-refractivity contribution is 5.79. The van der Waals surface area contributed by atoms with E-state index in [0.717, 1.165) is 24.3 Å². The minimum Gasteiger partial charge on any atom is -0.352 e. The number of benzene rings is 2. The number of hydrogen-bond donors (Lipinski definition) is 2. The normalized spacial score (nSPS) is 13.1. The maximum Gasteiger partial charge on any atom is 0.416 e. The maximum atomic E-state index is 12.9. The molecule has 1 amide bonds. The molecule has 1 heterocycles. The second-order valence-corrected chi connectivity index (χ2v) is 7.07. The van der Waals surface area contributed by atoms with Gasteiger partial charge in [-0.3, -0.25) is 4.79 Å². The van der Waals surface area contributed by atoms with Gasteiger partial charge >= 0.3 is 12.4 Å². The summed E-state index contributed by atoms with van der Waals surface area (Å²) in [6.45, 7) is 0. The number of nitrogens with one attached hydrogen (secondary N) is 2. The van der Waals surface area contributed by atoms with Crippen LogP contribution in [0.2, 0.25) is 0 Å². The number of carbonyl (C=O) groups excluding carboxylic acids is 1. The van der Waals surface area contributed by atoms with E-state index in [1.165, 1.54) is 24.3 Å².